The van der Waals surface area contributed by atoms with E-state index < -0.39 is 0 Å². The van der Waals surface area contributed by atoms with Gasteiger partial charge < -0.3 is 9.47 Å². The molecule has 1 fully saturated rings. The van der Waals surface area contributed by atoms with Gasteiger partial charge in [0.15, 0.2) is 5.82 Å². The van der Waals surface area contributed by atoms with E-state index in [0.29, 0.717) is 19.3 Å². The zero-order valence-corrected chi connectivity index (χ0v) is 13.4. The summed E-state index contributed by atoms with van der Waals surface area (Å²) in [6.45, 7) is 2.02. The van der Waals surface area contributed by atoms with Gasteiger partial charge >= 0.3 is 0 Å². The maximum absolute atomic E-state index is 5.85. The van der Waals surface area contributed by atoms with Gasteiger partial charge in [0.05, 0.1) is 18.8 Å². The smallest absolute Gasteiger partial charge is 0.153 e. The van der Waals surface area contributed by atoms with Gasteiger partial charge in [0, 0.05) is 6.61 Å². The molecule has 122 valence electrons. The Morgan fingerprint density at radius 1 is 1.17 bits per heavy atom. The van der Waals surface area contributed by atoms with Crippen molar-refractivity contribution in [3.05, 3.63) is 47.5 Å². The topological polar surface area (TPSA) is 49.2 Å². The van der Waals surface area contributed by atoms with Crippen molar-refractivity contribution in [2.45, 2.75) is 50.9 Å². The predicted octanol–water partition coefficient (Wildman–Crippen LogP) is 2.70. The number of fused-ring (bicyclic) bond motifs is 1. The van der Waals surface area contributed by atoms with E-state index in [9.17, 15) is 0 Å². The first kappa shape index (κ1) is 14.8. The van der Waals surface area contributed by atoms with E-state index in [1.807, 2.05) is 4.68 Å². The summed E-state index contributed by atoms with van der Waals surface area (Å²) >= 11 is 0. The van der Waals surface area contributed by atoms with Crippen molar-refractivity contribution in [3.63, 3.8) is 0 Å². The molecule has 0 unspecified atom stereocenters. The van der Waals surface area contributed by atoms with Crippen molar-refractivity contribution < 1.29 is 9.47 Å². The van der Waals surface area contributed by atoms with E-state index >= 15 is 0 Å². The minimum atomic E-state index is 0.246. The third-order valence-corrected chi connectivity index (χ3v) is 4.83. The maximum Gasteiger partial charge on any atom is 0.153 e. The van der Waals surface area contributed by atoms with E-state index in [2.05, 4.69) is 34.3 Å². The van der Waals surface area contributed by atoms with Gasteiger partial charge in [-0.05, 0) is 43.2 Å². The number of benzene rings is 1. The Morgan fingerprint density at radius 3 is 2.74 bits per heavy atom. The predicted molar refractivity (Wildman–Crippen MR) is 86.2 cm³/mol. The van der Waals surface area contributed by atoms with E-state index in [0.717, 1.165) is 31.7 Å². The lowest BCUT2D eigenvalue weighted by atomic mass is 10.1. The molecule has 1 aromatic heterocycles. The quantitative estimate of drug-likeness (QED) is 0.851. The SMILES string of the molecule is c1ccc2c(c1)CC(n1ncnc1COC[C@H]1CCCCO1)C2. The molecule has 1 saturated heterocycles. The van der Waals surface area contributed by atoms with Crippen LogP contribution in [0.5, 0.6) is 0 Å². The molecule has 1 aliphatic carbocycles. The fourth-order valence-corrected chi connectivity index (χ4v) is 3.61. The summed E-state index contributed by atoms with van der Waals surface area (Å²) < 4.78 is 13.6. The summed E-state index contributed by atoms with van der Waals surface area (Å²) in [5.74, 6) is 0.915. The summed E-state index contributed by atoms with van der Waals surface area (Å²) in [4.78, 5) is 4.39. The van der Waals surface area contributed by atoms with Crippen molar-refractivity contribution in [3.8, 4) is 0 Å². The molecule has 4 rings (SSSR count). The van der Waals surface area contributed by atoms with Crippen molar-refractivity contribution in [1.29, 1.82) is 0 Å². The third kappa shape index (κ3) is 3.31. The maximum atomic E-state index is 5.85. The lowest BCUT2D eigenvalue weighted by molar-refractivity contribution is -0.0464. The minimum Gasteiger partial charge on any atom is -0.376 e. The molecule has 0 radical (unpaired) electrons. The Labute approximate surface area is 136 Å². The summed E-state index contributed by atoms with van der Waals surface area (Å²) in [5.41, 5.74) is 2.85. The standard InChI is InChI=1S/C18H23N3O2/c1-2-6-15-10-16(9-14(15)5-1)21-18(19-13-20-21)12-22-11-17-7-3-4-8-23-17/h1-2,5-6,13,16-17H,3-4,7-12H2/t17-/m1/s1. The van der Waals surface area contributed by atoms with E-state index in [-0.39, 0.29) is 6.10 Å². The van der Waals surface area contributed by atoms with Gasteiger partial charge in [-0.1, -0.05) is 24.3 Å². The lowest BCUT2D eigenvalue weighted by Crippen LogP contribution is -2.25. The van der Waals surface area contributed by atoms with Crippen LogP contribution in [0.25, 0.3) is 0 Å². The van der Waals surface area contributed by atoms with Crippen LogP contribution < -0.4 is 0 Å². The molecule has 1 aromatic carbocycles. The van der Waals surface area contributed by atoms with Crippen LogP contribution in [0.4, 0.5) is 0 Å². The summed E-state index contributed by atoms with van der Waals surface area (Å²) in [5, 5.41) is 4.44. The van der Waals surface area contributed by atoms with Gasteiger partial charge in [-0.15, -0.1) is 0 Å². The monoisotopic (exact) mass is 313 g/mol. The van der Waals surface area contributed by atoms with Gasteiger partial charge in [0.25, 0.3) is 0 Å². The molecule has 0 bridgehead atoms. The Hall–Kier alpha value is -1.72. The van der Waals surface area contributed by atoms with Gasteiger partial charge in [-0.25, -0.2) is 9.67 Å². The van der Waals surface area contributed by atoms with E-state index in [4.69, 9.17) is 9.47 Å². The highest BCUT2D eigenvalue weighted by molar-refractivity contribution is 5.32. The Kier molecular flexibility index (Phi) is 4.39. The lowest BCUT2D eigenvalue weighted by Gasteiger charge is -2.22. The molecule has 2 aliphatic rings. The number of ether oxygens (including phenoxy) is 2. The molecule has 2 heterocycles. The van der Waals surface area contributed by atoms with Crippen LogP contribution in [0.1, 0.15) is 42.3 Å². The number of hydrogen-bond donors (Lipinski definition) is 0. The van der Waals surface area contributed by atoms with Crippen LogP contribution in [-0.4, -0.2) is 34.1 Å². The molecule has 1 atom stereocenters. The Bertz CT molecular complexity index is 624. The zero-order valence-electron chi connectivity index (χ0n) is 13.4. The summed E-state index contributed by atoms with van der Waals surface area (Å²) in [6.07, 6.45) is 7.45. The fourth-order valence-electron chi connectivity index (χ4n) is 3.61. The highest BCUT2D eigenvalue weighted by Gasteiger charge is 2.25. The zero-order chi connectivity index (χ0) is 15.5. The van der Waals surface area contributed by atoms with Crippen LogP contribution in [0, 0.1) is 0 Å². The van der Waals surface area contributed by atoms with Gasteiger partial charge in [0.2, 0.25) is 0 Å². The van der Waals surface area contributed by atoms with Crippen molar-refractivity contribution in [2.24, 2.45) is 0 Å². The minimum absolute atomic E-state index is 0.246. The first-order valence-electron chi connectivity index (χ1n) is 8.54. The van der Waals surface area contributed by atoms with Crippen molar-refractivity contribution in [2.75, 3.05) is 13.2 Å². The molecule has 5 nitrogen and oxygen atoms in total. The van der Waals surface area contributed by atoms with Gasteiger partial charge in [-0.3, -0.25) is 0 Å². The third-order valence-electron chi connectivity index (χ3n) is 4.83. The van der Waals surface area contributed by atoms with Crippen molar-refractivity contribution in [1.82, 2.24) is 14.8 Å². The second-order valence-corrected chi connectivity index (χ2v) is 6.46. The first-order valence-corrected chi connectivity index (χ1v) is 8.54. The normalized spacial score (nSPS) is 21.5. The number of nitrogens with zero attached hydrogens (tertiary/aromatic N) is 3. The van der Waals surface area contributed by atoms with Crippen LogP contribution >= 0.6 is 0 Å². The van der Waals surface area contributed by atoms with E-state index in [1.165, 1.54) is 24.0 Å². The molecule has 0 N–H and O–H groups in total. The van der Waals surface area contributed by atoms with Gasteiger partial charge in [-0.2, -0.15) is 5.10 Å². The second kappa shape index (κ2) is 6.81. The second-order valence-electron chi connectivity index (χ2n) is 6.46. The largest absolute Gasteiger partial charge is 0.376 e. The molecular weight excluding hydrogens is 290 g/mol. The Morgan fingerprint density at radius 2 is 2.00 bits per heavy atom. The van der Waals surface area contributed by atoms with Crippen LogP contribution in [0.15, 0.2) is 30.6 Å². The molecule has 0 amide bonds. The highest BCUT2D eigenvalue weighted by Crippen LogP contribution is 2.30. The first-order chi connectivity index (χ1) is 11.4. The number of hydrogen-bond acceptors (Lipinski definition) is 4. The van der Waals surface area contributed by atoms with Crippen LogP contribution in [-0.2, 0) is 28.9 Å². The molecule has 0 spiro atoms. The van der Waals surface area contributed by atoms with E-state index in [1.54, 1.807) is 6.33 Å². The molecule has 0 saturated carbocycles. The molecular formula is C18H23N3O2. The highest BCUT2D eigenvalue weighted by atomic mass is 16.5. The summed E-state index contributed by atoms with van der Waals surface area (Å²) in [7, 11) is 0. The summed E-state index contributed by atoms with van der Waals surface area (Å²) in [6, 6.07) is 9.00. The fraction of sp³-hybridized carbons (Fsp3) is 0.556. The molecule has 23 heavy (non-hydrogen) atoms. The molecule has 1 aliphatic heterocycles. The number of rotatable bonds is 5. The number of aromatic nitrogens is 3. The molecule has 5 heteroatoms. The average Bonchev–Trinajstić information content (AvgIpc) is 3.21. The Balaban J connectivity index is 1.35. The van der Waals surface area contributed by atoms with Crippen molar-refractivity contribution >= 4 is 0 Å². The van der Waals surface area contributed by atoms with Crippen LogP contribution in [0.3, 0.4) is 0 Å². The average molecular weight is 313 g/mol. The van der Waals surface area contributed by atoms with Gasteiger partial charge in [0.1, 0.15) is 12.9 Å². The molecule has 2 aromatic rings. The van der Waals surface area contributed by atoms with Crippen LogP contribution in [0.2, 0.25) is 0 Å².